The average Bonchev–Trinajstić information content (AvgIpc) is 2.50. The number of rotatable bonds is 4. The molecule has 2 rings (SSSR count). The van der Waals surface area contributed by atoms with Crippen LogP contribution >= 0.6 is 0 Å². The summed E-state index contributed by atoms with van der Waals surface area (Å²) in [6, 6.07) is 0. The summed E-state index contributed by atoms with van der Waals surface area (Å²) in [4.78, 5) is 0. The minimum absolute atomic E-state index is 0.362. The van der Waals surface area contributed by atoms with Crippen LogP contribution in [0.1, 0.15) is 13.8 Å². The zero-order chi connectivity index (χ0) is 15.8. The lowest BCUT2D eigenvalue weighted by Gasteiger charge is -2.56. The number of aliphatic hydroxyl groups is 2. The highest BCUT2D eigenvalue weighted by Gasteiger charge is 2.62. The fourth-order valence-corrected chi connectivity index (χ4v) is 2.69. The number of fused-ring (bicyclic) bond motifs is 1. The molecular weight excluding hydrogens is 284 g/mol. The molecule has 2 heterocycles. The molecule has 0 aromatic heterocycles. The van der Waals surface area contributed by atoms with E-state index in [1.165, 1.54) is 21.3 Å². The first-order valence-corrected chi connectivity index (χ1v) is 6.79. The SMILES string of the molecule is COC1O[C@H](CO)[C@H](O)[C@@H]2O[C@@](C)(OC)[C@](C)(OC)O[C@@H]12. The molecule has 2 saturated heterocycles. The van der Waals surface area contributed by atoms with Gasteiger partial charge in [0.1, 0.15) is 24.4 Å². The molecule has 7 atom stereocenters. The van der Waals surface area contributed by atoms with Crippen LogP contribution in [-0.2, 0) is 28.4 Å². The van der Waals surface area contributed by atoms with Gasteiger partial charge in [-0.15, -0.1) is 0 Å². The molecule has 124 valence electrons. The van der Waals surface area contributed by atoms with Gasteiger partial charge in [0.2, 0.25) is 11.6 Å². The minimum Gasteiger partial charge on any atom is -0.394 e. The second-order valence-corrected chi connectivity index (χ2v) is 5.42. The fraction of sp³-hybridized carbons (Fsp3) is 1.00. The van der Waals surface area contributed by atoms with E-state index in [-0.39, 0.29) is 6.61 Å². The monoisotopic (exact) mass is 308 g/mol. The molecule has 2 fully saturated rings. The highest BCUT2D eigenvalue weighted by Crippen LogP contribution is 2.43. The zero-order valence-electron chi connectivity index (χ0n) is 12.9. The van der Waals surface area contributed by atoms with Gasteiger partial charge in [0.05, 0.1) is 6.61 Å². The van der Waals surface area contributed by atoms with Gasteiger partial charge in [-0.05, 0) is 13.8 Å². The smallest absolute Gasteiger partial charge is 0.220 e. The Morgan fingerprint density at radius 1 is 1.00 bits per heavy atom. The summed E-state index contributed by atoms with van der Waals surface area (Å²) in [7, 11) is 4.38. The molecule has 0 aromatic carbocycles. The number of ether oxygens (including phenoxy) is 6. The Labute approximate surface area is 123 Å². The van der Waals surface area contributed by atoms with E-state index in [4.69, 9.17) is 28.4 Å². The van der Waals surface area contributed by atoms with E-state index >= 15 is 0 Å². The van der Waals surface area contributed by atoms with Crippen LogP contribution in [0, 0.1) is 0 Å². The molecule has 8 heteroatoms. The minimum atomic E-state index is -1.24. The topological polar surface area (TPSA) is 95.8 Å². The van der Waals surface area contributed by atoms with Gasteiger partial charge in [-0.25, -0.2) is 0 Å². The van der Waals surface area contributed by atoms with E-state index < -0.39 is 42.3 Å². The van der Waals surface area contributed by atoms with Crippen LogP contribution in [0.4, 0.5) is 0 Å². The Kier molecular flexibility index (Phi) is 4.91. The standard InChI is InChI=1S/C13H24O8/c1-12(17-4)13(2,18-5)21-10-9(20-12)8(15)7(6-14)19-11(10)16-3/h7-11,14-15H,6H2,1-5H3/t7-,8+,9+,10-,11?,12-,13-/m1/s1. The van der Waals surface area contributed by atoms with Crippen LogP contribution in [0.15, 0.2) is 0 Å². The van der Waals surface area contributed by atoms with E-state index in [2.05, 4.69) is 0 Å². The van der Waals surface area contributed by atoms with E-state index in [1.54, 1.807) is 13.8 Å². The summed E-state index contributed by atoms with van der Waals surface area (Å²) < 4.78 is 33.4. The third-order valence-corrected chi connectivity index (χ3v) is 4.36. The van der Waals surface area contributed by atoms with Crippen molar-refractivity contribution in [3.05, 3.63) is 0 Å². The van der Waals surface area contributed by atoms with Gasteiger partial charge in [0.15, 0.2) is 6.29 Å². The van der Waals surface area contributed by atoms with Crippen LogP contribution in [-0.4, -0.2) is 80.4 Å². The lowest BCUT2D eigenvalue weighted by atomic mass is 9.94. The predicted octanol–water partition coefficient (Wildman–Crippen LogP) is -0.780. The van der Waals surface area contributed by atoms with Crippen molar-refractivity contribution in [2.75, 3.05) is 27.9 Å². The van der Waals surface area contributed by atoms with Crippen molar-refractivity contribution in [3.8, 4) is 0 Å². The average molecular weight is 308 g/mol. The normalized spacial score (nSPS) is 50.7. The van der Waals surface area contributed by atoms with E-state index in [0.29, 0.717) is 0 Å². The number of hydrogen-bond acceptors (Lipinski definition) is 8. The first-order valence-electron chi connectivity index (χ1n) is 6.79. The van der Waals surface area contributed by atoms with Crippen LogP contribution in [0.2, 0.25) is 0 Å². The largest absolute Gasteiger partial charge is 0.394 e. The second kappa shape index (κ2) is 6.05. The van der Waals surface area contributed by atoms with Gasteiger partial charge in [0.25, 0.3) is 0 Å². The van der Waals surface area contributed by atoms with E-state index in [1.807, 2.05) is 0 Å². The Morgan fingerprint density at radius 3 is 1.95 bits per heavy atom. The van der Waals surface area contributed by atoms with Crippen molar-refractivity contribution in [3.63, 3.8) is 0 Å². The molecule has 0 radical (unpaired) electrons. The lowest BCUT2D eigenvalue weighted by Crippen LogP contribution is -2.73. The number of methoxy groups -OCH3 is 3. The van der Waals surface area contributed by atoms with Crippen LogP contribution in [0.5, 0.6) is 0 Å². The van der Waals surface area contributed by atoms with Gasteiger partial charge < -0.3 is 38.6 Å². The molecule has 1 unspecified atom stereocenters. The summed E-state index contributed by atoms with van der Waals surface area (Å²) in [5.74, 6) is -2.45. The summed E-state index contributed by atoms with van der Waals surface area (Å²) in [5.41, 5.74) is 0. The Morgan fingerprint density at radius 2 is 1.52 bits per heavy atom. The maximum Gasteiger partial charge on any atom is 0.220 e. The predicted molar refractivity (Wildman–Crippen MR) is 69.3 cm³/mol. The number of aliphatic hydroxyl groups excluding tert-OH is 2. The summed E-state index contributed by atoms with van der Waals surface area (Å²) in [6.45, 7) is 2.97. The highest BCUT2D eigenvalue weighted by molar-refractivity contribution is 4.99. The molecule has 2 N–H and O–H groups in total. The van der Waals surface area contributed by atoms with Gasteiger partial charge in [-0.2, -0.15) is 0 Å². The zero-order valence-corrected chi connectivity index (χ0v) is 12.9. The van der Waals surface area contributed by atoms with Crippen LogP contribution in [0.3, 0.4) is 0 Å². The Balaban J connectivity index is 2.33. The molecule has 0 aliphatic carbocycles. The van der Waals surface area contributed by atoms with Crippen molar-refractivity contribution in [2.45, 2.75) is 56.1 Å². The third-order valence-electron chi connectivity index (χ3n) is 4.36. The van der Waals surface area contributed by atoms with Gasteiger partial charge in [-0.3, -0.25) is 0 Å². The summed E-state index contributed by atoms with van der Waals surface area (Å²) >= 11 is 0. The molecule has 0 saturated carbocycles. The van der Waals surface area contributed by atoms with Crippen LogP contribution < -0.4 is 0 Å². The quantitative estimate of drug-likeness (QED) is 0.698. The number of hydrogen-bond donors (Lipinski definition) is 2. The summed E-state index contributed by atoms with van der Waals surface area (Å²) in [5, 5.41) is 19.6. The van der Waals surface area contributed by atoms with Crippen molar-refractivity contribution in [1.29, 1.82) is 0 Å². The van der Waals surface area contributed by atoms with E-state index in [9.17, 15) is 10.2 Å². The maximum atomic E-state index is 10.3. The molecule has 0 amide bonds. The maximum absolute atomic E-state index is 10.3. The van der Waals surface area contributed by atoms with Crippen molar-refractivity contribution in [2.24, 2.45) is 0 Å². The van der Waals surface area contributed by atoms with Crippen LogP contribution in [0.25, 0.3) is 0 Å². The first kappa shape index (κ1) is 17.0. The van der Waals surface area contributed by atoms with Gasteiger partial charge >= 0.3 is 0 Å². The van der Waals surface area contributed by atoms with Gasteiger partial charge in [-0.1, -0.05) is 0 Å². The molecule has 0 spiro atoms. The molecule has 0 bridgehead atoms. The molecular formula is C13H24O8. The second-order valence-electron chi connectivity index (χ2n) is 5.42. The van der Waals surface area contributed by atoms with E-state index in [0.717, 1.165) is 0 Å². The Hall–Kier alpha value is -0.320. The molecule has 2 aliphatic rings. The molecule has 8 nitrogen and oxygen atoms in total. The molecule has 0 aromatic rings. The molecule has 21 heavy (non-hydrogen) atoms. The van der Waals surface area contributed by atoms with Crippen molar-refractivity contribution < 1.29 is 38.6 Å². The lowest BCUT2D eigenvalue weighted by molar-refractivity contribution is -0.483. The van der Waals surface area contributed by atoms with Crippen molar-refractivity contribution >= 4 is 0 Å². The highest BCUT2D eigenvalue weighted by atomic mass is 16.8. The first-order chi connectivity index (χ1) is 9.85. The summed E-state index contributed by atoms with van der Waals surface area (Å²) in [6.07, 6.45) is -4.21. The fourth-order valence-electron chi connectivity index (χ4n) is 2.69. The van der Waals surface area contributed by atoms with Crippen molar-refractivity contribution in [1.82, 2.24) is 0 Å². The van der Waals surface area contributed by atoms with Gasteiger partial charge in [0, 0.05) is 21.3 Å². The third kappa shape index (κ3) is 2.60. The Bertz CT molecular complexity index is 366. The molecule has 2 aliphatic heterocycles.